The molecule has 0 spiro atoms. The topological polar surface area (TPSA) is 210 Å². The fourth-order valence-corrected chi connectivity index (χ4v) is 9.23. The summed E-state index contributed by atoms with van der Waals surface area (Å²) >= 11 is 0. The molecule has 0 amide bonds. The van der Waals surface area contributed by atoms with Crippen molar-refractivity contribution in [1.82, 2.24) is 0 Å². The van der Waals surface area contributed by atoms with Crippen LogP contribution in [-0.2, 0) is 32.7 Å². The Kier molecular flexibility index (Phi) is 39.9. The second-order valence-corrected chi connectivity index (χ2v) is 20.1. The zero-order chi connectivity index (χ0) is 48.5. The third-order valence-electron chi connectivity index (χ3n) is 12.5. The SMILES string of the molecule is CCCCCC/C=C\C/C=C\CCCCCCCCCC(=O)OC(COC(=O)CCCCCCCCCCCCCCCCCCCCC)COP(=O)(O)OC1C(O)C(O)C(O)C(O)C1O. The van der Waals surface area contributed by atoms with Gasteiger partial charge in [-0.2, -0.15) is 0 Å². The normalized spacial score (nSPS) is 21.4. The molecular weight excluding hydrogens is 864 g/mol. The van der Waals surface area contributed by atoms with Crippen LogP contribution in [0.3, 0.4) is 0 Å². The Morgan fingerprint density at radius 3 is 1.24 bits per heavy atom. The van der Waals surface area contributed by atoms with Gasteiger partial charge in [0.25, 0.3) is 0 Å². The number of carbonyl (C=O) groups excluding carboxylic acids is 2. The minimum absolute atomic E-state index is 0.0909. The van der Waals surface area contributed by atoms with E-state index in [1.54, 1.807) is 0 Å². The second-order valence-electron chi connectivity index (χ2n) is 18.7. The maximum Gasteiger partial charge on any atom is 0.472 e. The Labute approximate surface area is 400 Å². The molecule has 0 heterocycles. The molecule has 0 aliphatic heterocycles. The summed E-state index contributed by atoms with van der Waals surface area (Å²) in [5.41, 5.74) is 0. The average molecular weight is 961 g/mol. The van der Waals surface area contributed by atoms with Gasteiger partial charge in [0.15, 0.2) is 6.10 Å². The van der Waals surface area contributed by atoms with Crippen LogP contribution in [0.1, 0.15) is 239 Å². The van der Waals surface area contributed by atoms with Crippen molar-refractivity contribution < 1.29 is 63.1 Å². The van der Waals surface area contributed by atoms with Gasteiger partial charge in [-0.15, -0.1) is 0 Å². The molecule has 0 aromatic carbocycles. The molecule has 6 unspecified atom stereocenters. The Bertz CT molecular complexity index is 1250. The summed E-state index contributed by atoms with van der Waals surface area (Å²) in [6, 6.07) is 0. The molecule has 0 bridgehead atoms. The van der Waals surface area contributed by atoms with Crippen LogP contribution in [0.25, 0.3) is 0 Å². The molecule has 0 aromatic heterocycles. The molecule has 1 saturated carbocycles. The molecule has 0 aromatic rings. The number of phosphoric acid groups is 1. The highest BCUT2D eigenvalue weighted by Crippen LogP contribution is 2.47. The van der Waals surface area contributed by atoms with E-state index in [-0.39, 0.29) is 12.8 Å². The standard InChI is InChI=1S/C52H97O13P/c1-3-5-7-9-11-13-15-17-19-21-23-25-26-28-30-32-34-36-38-40-45(53)62-42-44(43-63-66(60,61)65-52-50(58)48(56)47(55)49(57)51(52)59)64-46(54)41-39-37-35-33-31-29-27-24-22-20-18-16-14-12-10-8-6-4-2/h14,16,20,22,44,47-52,55-59H,3-13,15,17-19,21,23-43H2,1-2H3,(H,60,61)/b16-14-,22-20-. The Morgan fingerprint density at radius 1 is 0.470 bits per heavy atom. The van der Waals surface area contributed by atoms with Crippen molar-refractivity contribution >= 4 is 19.8 Å². The summed E-state index contributed by atoms with van der Waals surface area (Å²) in [5.74, 6) is -1.10. The highest BCUT2D eigenvalue weighted by atomic mass is 31.2. The van der Waals surface area contributed by atoms with Gasteiger partial charge in [0.2, 0.25) is 0 Å². The molecule has 1 aliphatic rings. The van der Waals surface area contributed by atoms with Crippen molar-refractivity contribution in [3.05, 3.63) is 24.3 Å². The van der Waals surface area contributed by atoms with Crippen LogP contribution < -0.4 is 0 Å². The minimum Gasteiger partial charge on any atom is -0.462 e. The van der Waals surface area contributed by atoms with E-state index in [2.05, 4.69) is 38.2 Å². The number of rotatable bonds is 45. The maximum absolute atomic E-state index is 12.9. The lowest BCUT2D eigenvalue weighted by atomic mass is 9.85. The quantitative estimate of drug-likeness (QED) is 0.0145. The fraction of sp³-hybridized carbons (Fsp3) is 0.885. The first kappa shape index (κ1) is 62.3. The third kappa shape index (κ3) is 33.8. The monoisotopic (exact) mass is 961 g/mol. The molecule has 6 N–H and O–H groups in total. The van der Waals surface area contributed by atoms with Crippen molar-refractivity contribution in [1.29, 1.82) is 0 Å². The van der Waals surface area contributed by atoms with Gasteiger partial charge in [-0.05, 0) is 44.9 Å². The summed E-state index contributed by atoms with van der Waals surface area (Å²) in [7, 11) is -5.12. The van der Waals surface area contributed by atoms with Crippen molar-refractivity contribution in [3.63, 3.8) is 0 Å². The minimum atomic E-state index is -5.12. The van der Waals surface area contributed by atoms with E-state index in [4.69, 9.17) is 18.5 Å². The van der Waals surface area contributed by atoms with Crippen molar-refractivity contribution in [2.24, 2.45) is 0 Å². The van der Waals surface area contributed by atoms with Crippen molar-refractivity contribution in [2.75, 3.05) is 13.2 Å². The number of unbranched alkanes of at least 4 members (excludes halogenated alkanes) is 29. The molecule has 6 atom stereocenters. The summed E-state index contributed by atoms with van der Waals surface area (Å²) in [6.07, 6.45) is 35.0. The summed E-state index contributed by atoms with van der Waals surface area (Å²) in [6.45, 7) is 3.32. The van der Waals surface area contributed by atoms with Gasteiger partial charge < -0.3 is 39.9 Å². The zero-order valence-corrected chi connectivity index (χ0v) is 42.4. The Hall–Kier alpha value is -1.67. The number of phosphoric ester groups is 1. The largest absolute Gasteiger partial charge is 0.472 e. The van der Waals surface area contributed by atoms with Crippen LogP contribution >= 0.6 is 7.82 Å². The van der Waals surface area contributed by atoms with Crippen LogP contribution in [0.2, 0.25) is 0 Å². The van der Waals surface area contributed by atoms with E-state index >= 15 is 0 Å². The lowest BCUT2D eigenvalue weighted by Crippen LogP contribution is -2.64. The first-order valence-corrected chi connectivity index (χ1v) is 28.1. The van der Waals surface area contributed by atoms with E-state index in [1.165, 1.54) is 128 Å². The highest BCUT2D eigenvalue weighted by molar-refractivity contribution is 7.47. The number of aliphatic hydroxyl groups is 5. The molecule has 13 nitrogen and oxygen atoms in total. The van der Waals surface area contributed by atoms with E-state index in [9.17, 15) is 44.6 Å². The van der Waals surface area contributed by atoms with Crippen LogP contribution in [0.4, 0.5) is 0 Å². The van der Waals surface area contributed by atoms with Gasteiger partial charge >= 0.3 is 19.8 Å². The van der Waals surface area contributed by atoms with E-state index < -0.39 is 75.7 Å². The van der Waals surface area contributed by atoms with Crippen LogP contribution in [-0.4, -0.2) is 98.3 Å². The van der Waals surface area contributed by atoms with Gasteiger partial charge in [-0.1, -0.05) is 205 Å². The maximum atomic E-state index is 12.9. The fourth-order valence-electron chi connectivity index (χ4n) is 8.26. The number of ether oxygens (including phenoxy) is 2. The van der Waals surface area contributed by atoms with Gasteiger partial charge in [0.05, 0.1) is 6.61 Å². The first-order valence-electron chi connectivity index (χ1n) is 26.6. The van der Waals surface area contributed by atoms with Crippen LogP contribution in [0.5, 0.6) is 0 Å². The van der Waals surface area contributed by atoms with Crippen molar-refractivity contribution in [3.8, 4) is 0 Å². The van der Waals surface area contributed by atoms with E-state index in [0.29, 0.717) is 12.8 Å². The predicted molar refractivity (Wildman–Crippen MR) is 263 cm³/mol. The Balaban J connectivity index is 2.38. The number of allylic oxidation sites excluding steroid dienone is 4. The number of hydrogen-bond acceptors (Lipinski definition) is 12. The molecular formula is C52H97O13P. The van der Waals surface area contributed by atoms with Gasteiger partial charge in [0, 0.05) is 12.8 Å². The lowest BCUT2D eigenvalue weighted by molar-refractivity contribution is -0.220. The molecule has 14 heteroatoms. The third-order valence-corrected chi connectivity index (χ3v) is 13.5. The van der Waals surface area contributed by atoms with Gasteiger partial charge in [-0.3, -0.25) is 18.6 Å². The summed E-state index contributed by atoms with van der Waals surface area (Å²) < 4.78 is 33.7. The predicted octanol–water partition coefficient (Wildman–Crippen LogP) is 11.6. The Morgan fingerprint density at radius 2 is 0.818 bits per heavy atom. The van der Waals surface area contributed by atoms with Gasteiger partial charge in [-0.25, -0.2) is 4.57 Å². The number of carbonyl (C=O) groups is 2. The lowest BCUT2D eigenvalue weighted by Gasteiger charge is -2.41. The smallest absolute Gasteiger partial charge is 0.462 e. The van der Waals surface area contributed by atoms with Crippen molar-refractivity contribution in [2.45, 2.75) is 281 Å². The molecule has 66 heavy (non-hydrogen) atoms. The highest BCUT2D eigenvalue weighted by Gasteiger charge is 2.51. The zero-order valence-electron chi connectivity index (χ0n) is 41.5. The number of hydrogen-bond donors (Lipinski definition) is 6. The number of esters is 2. The molecule has 1 rings (SSSR count). The molecule has 388 valence electrons. The van der Waals surface area contributed by atoms with Crippen LogP contribution in [0.15, 0.2) is 24.3 Å². The van der Waals surface area contributed by atoms with E-state index in [1.807, 2.05) is 0 Å². The van der Waals surface area contributed by atoms with Crippen LogP contribution in [0, 0.1) is 0 Å². The average Bonchev–Trinajstić information content (AvgIpc) is 3.30. The molecule has 0 radical (unpaired) electrons. The summed E-state index contributed by atoms with van der Waals surface area (Å²) in [4.78, 5) is 35.9. The molecule has 1 fully saturated rings. The number of aliphatic hydroxyl groups excluding tert-OH is 5. The van der Waals surface area contributed by atoms with Gasteiger partial charge in [0.1, 0.15) is 43.2 Å². The first-order chi connectivity index (χ1) is 31.9. The second kappa shape index (κ2) is 42.2. The summed E-state index contributed by atoms with van der Waals surface area (Å²) in [5, 5.41) is 50.3. The van der Waals surface area contributed by atoms with E-state index in [0.717, 1.165) is 70.6 Å². The molecule has 0 saturated heterocycles. The molecule has 1 aliphatic carbocycles.